The Morgan fingerprint density at radius 1 is 0.969 bits per heavy atom. The summed E-state index contributed by atoms with van der Waals surface area (Å²) in [4.78, 5) is 18.9. The molecule has 0 saturated carbocycles. The van der Waals surface area contributed by atoms with Crippen LogP contribution in [-0.4, -0.2) is 91.0 Å². The zero-order valence-electron chi connectivity index (χ0n) is 20.5. The van der Waals surface area contributed by atoms with E-state index in [2.05, 4.69) is 22.0 Å². The normalized spacial score (nSPS) is 18.1. The van der Waals surface area contributed by atoms with Crippen LogP contribution in [-0.2, 0) is 11.3 Å². The number of benzene rings is 1. The lowest BCUT2D eigenvalue weighted by Crippen LogP contribution is -2.51. The second-order valence-corrected chi connectivity index (χ2v) is 9.97. The van der Waals surface area contributed by atoms with Crippen molar-refractivity contribution in [3.05, 3.63) is 22.3 Å². The van der Waals surface area contributed by atoms with E-state index in [1.807, 2.05) is 34.6 Å². The molecule has 0 aliphatic carbocycles. The number of rotatable bonds is 4. The third kappa shape index (κ3) is 5.57. The van der Waals surface area contributed by atoms with Gasteiger partial charge in [0.2, 0.25) is 0 Å². The average Bonchev–Trinajstić information content (AvgIpc) is 2.71. The van der Waals surface area contributed by atoms with Crippen LogP contribution >= 0.6 is 0 Å². The van der Waals surface area contributed by atoms with Crippen LogP contribution in [0.1, 0.15) is 43.0 Å². The highest BCUT2D eigenvalue weighted by Gasteiger charge is 2.31. The first kappa shape index (κ1) is 24.8. The van der Waals surface area contributed by atoms with E-state index in [1.54, 1.807) is 4.90 Å². The van der Waals surface area contributed by atoms with Gasteiger partial charge in [0, 0.05) is 64.6 Å². The smallest absolute Gasteiger partial charge is 0.444 e. The summed E-state index contributed by atoms with van der Waals surface area (Å²) < 4.78 is 5.53. The van der Waals surface area contributed by atoms with Gasteiger partial charge in [-0.25, -0.2) is 4.79 Å². The van der Waals surface area contributed by atoms with Crippen molar-refractivity contribution in [2.45, 2.75) is 53.7 Å². The molecule has 0 unspecified atom stereocenters. The van der Waals surface area contributed by atoms with Crippen molar-refractivity contribution in [1.29, 1.82) is 0 Å². The van der Waals surface area contributed by atoms with Crippen LogP contribution in [0.3, 0.4) is 0 Å². The number of ether oxygens (including phenoxy) is 1. The average molecular weight is 446 g/mol. The lowest BCUT2D eigenvalue weighted by atomic mass is 9.71. The highest BCUT2D eigenvalue weighted by Crippen LogP contribution is 2.31. The number of amides is 1. The van der Waals surface area contributed by atoms with Gasteiger partial charge in [-0.05, 0) is 69.3 Å². The summed E-state index contributed by atoms with van der Waals surface area (Å²) in [5.41, 5.74) is 5.38. The minimum atomic E-state index is -1.51. The summed E-state index contributed by atoms with van der Waals surface area (Å²) in [6, 6.07) is 0. The van der Waals surface area contributed by atoms with E-state index in [1.165, 1.54) is 11.1 Å². The van der Waals surface area contributed by atoms with Gasteiger partial charge in [-0.2, -0.15) is 0 Å². The standard InChI is InChI=1S/C23H39BN4O4/c1-16-19(15-26-9-7-25-8-10-26)17(2)21(18(3)20(16)24(30)31)27-11-13-28(14-12-27)22(29)32-23(4,5)6/h25,30-31H,7-15H2,1-6H3. The molecule has 2 saturated heterocycles. The van der Waals surface area contributed by atoms with Gasteiger partial charge < -0.3 is 29.9 Å². The third-order valence-electron chi connectivity index (χ3n) is 6.52. The van der Waals surface area contributed by atoms with Gasteiger partial charge in [0.15, 0.2) is 0 Å². The van der Waals surface area contributed by atoms with Crippen molar-refractivity contribution in [1.82, 2.24) is 15.1 Å². The Labute approximate surface area is 192 Å². The minimum Gasteiger partial charge on any atom is -0.444 e. The van der Waals surface area contributed by atoms with E-state index in [0.717, 1.165) is 49.5 Å². The number of carbonyl (C=O) groups excluding carboxylic acids is 1. The van der Waals surface area contributed by atoms with Crippen LogP contribution in [0.25, 0.3) is 0 Å². The van der Waals surface area contributed by atoms with Crippen molar-refractivity contribution in [2.24, 2.45) is 0 Å². The summed E-state index contributed by atoms with van der Waals surface area (Å²) in [5, 5.41) is 23.8. The SMILES string of the molecule is Cc1c(CN2CCNCC2)c(C)c(N2CCN(C(=O)OC(C)(C)C)CC2)c(C)c1B(O)O. The molecule has 3 N–H and O–H groups in total. The van der Waals surface area contributed by atoms with E-state index in [-0.39, 0.29) is 6.09 Å². The predicted molar refractivity (Wildman–Crippen MR) is 129 cm³/mol. The molecule has 178 valence electrons. The van der Waals surface area contributed by atoms with E-state index < -0.39 is 12.7 Å². The number of hydrogen-bond acceptors (Lipinski definition) is 7. The number of hydrogen-bond donors (Lipinski definition) is 3. The van der Waals surface area contributed by atoms with Gasteiger partial charge in [0.05, 0.1) is 0 Å². The highest BCUT2D eigenvalue weighted by atomic mass is 16.6. The van der Waals surface area contributed by atoms with E-state index >= 15 is 0 Å². The summed E-state index contributed by atoms with van der Waals surface area (Å²) in [5.74, 6) is 0. The topological polar surface area (TPSA) is 88.5 Å². The molecule has 1 aromatic rings. The molecule has 0 aromatic heterocycles. The zero-order chi connectivity index (χ0) is 23.6. The summed E-state index contributed by atoms with van der Waals surface area (Å²) in [6.45, 7) is 18.9. The van der Waals surface area contributed by atoms with Crippen LogP contribution in [0.2, 0.25) is 0 Å². The van der Waals surface area contributed by atoms with Crippen molar-refractivity contribution >= 4 is 24.4 Å². The molecule has 3 rings (SSSR count). The summed E-state index contributed by atoms with van der Waals surface area (Å²) in [7, 11) is -1.51. The van der Waals surface area contributed by atoms with Gasteiger partial charge in [-0.15, -0.1) is 0 Å². The molecule has 0 spiro atoms. The molecule has 8 nitrogen and oxygen atoms in total. The lowest BCUT2D eigenvalue weighted by Gasteiger charge is -2.39. The highest BCUT2D eigenvalue weighted by molar-refractivity contribution is 6.60. The Morgan fingerprint density at radius 2 is 1.56 bits per heavy atom. The Hall–Kier alpha value is -1.81. The molecule has 9 heteroatoms. The predicted octanol–water partition coefficient (Wildman–Crippen LogP) is 0.754. The molecule has 0 bridgehead atoms. The monoisotopic (exact) mass is 446 g/mol. The second kappa shape index (κ2) is 9.99. The van der Waals surface area contributed by atoms with Gasteiger partial charge in [0.1, 0.15) is 5.60 Å². The summed E-state index contributed by atoms with van der Waals surface area (Å²) in [6.07, 6.45) is -0.277. The lowest BCUT2D eigenvalue weighted by molar-refractivity contribution is 0.0240. The van der Waals surface area contributed by atoms with E-state index in [9.17, 15) is 14.8 Å². The van der Waals surface area contributed by atoms with Gasteiger partial charge in [-0.1, -0.05) is 0 Å². The largest absolute Gasteiger partial charge is 0.489 e. The molecular formula is C23H39BN4O4. The number of nitrogens with one attached hydrogen (secondary N) is 1. The van der Waals surface area contributed by atoms with Crippen molar-refractivity contribution in [3.63, 3.8) is 0 Å². The fourth-order valence-electron chi connectivity index (χ4n) is 4.91. The number of nitrogens with zero attached hydrogens (tertiary/aromatic N) is 3. The van der Waals surface area contributed by atoms with Crippen LogP contribution in [0, 0.1) is 20.8 Å². The first-order valence-electron chi connectivity index (χ1n) is 11.6. The van der Waals surface area contributed by atoms with E-state index in [0.29, 0.717) is 31.6 Å². The Morgan fingerprint density at radius 3 is 2.09 bits per heavy atom. The fourth-order valence-corrected chi connectivity index (χ4v) is 4.91. The molecular weight excluding hydrogens is 407 g/mol. The fraction of sp³-hybridized carbons (Fsp3) is 0.696. The zero-order valence-corrected chi connectivity index (χ0v) is 20.5. The maximum absolute atomic E-state index is 12.5. The number of anilines is 1. The van der Waals surface area contributed by atoms with Crippen LogP contribution in [0.5, 0.6) is 0 Å². The first-order valence-corrected chi connectivity index (χ1v) is 11.6. The van der Waals surface area contributed by atoms with Crippen LogP contribution in [0.4, 0.5) is 10.5 Å². The van der Waals surface area contributed by atoms with Crippen molar-refractivity contribution < 1.29 is 19.6 Å². The molecule has 0 radical (unpaired) electrons. The quantitative estimate of drug-likeness (QED) is 0.589. The Balaban J connectivity index is 1.86. The van der Waals surface area contributed by atoms with E-state index in [4.69, 9.17) is 4.74 Å². The molecule has 1 amide bonds. The van der Waals surface area contributed by atoms with Gasteiger partial charge in [0.25, 0.3) is 0 Å². The Kier molecular flexibility index (Phi) is 7.75. The molecule has 2 aliphatic heterocycles. The maximum Gasteiger partial charge on any atom is 0.489 e. The number of carbonyl (C=O) groups is 1. The molecule has 2 aliphatic rings. The minimum absolute atomic E-state index is 0.277. The Bertz CT molecular complexity index is 827. The molecule has 2 fully saturated rings. The summed E-state index contributed by atoms with van der Waals surface area (Å²) >= 11 is 0. The van der Waals surface area contributed by atoms with Crippen molar-refractivity contribution in [2.75, 3.05) is 57.3 Å². The molecule has 2 heterocycles. The second-order valence-electron chi connectivity index (χ2n) is 9.97. The number of piperazine rings is 2. The molecule has 0 atom stereocenters. The van der Waals surface area contributed by atoms with Gasteiger partial charge >= 0.3 is 13.2 Å². The first-order chi connectivity index (χ1) is 15.0. The van der Waals surface area contributed by atoms with Crippen molar-refractivity contribution in [3.8, 4) is 0 Å². The van der Waals surface area contributed by atoms with Crippen LogP contribution in [0.15, 0.2) is 0 Å². The maximum atomic E-state index is 12.5. The molecule has 32 heavy (non-hydrogen) atoms. The van der Waals surface area contributed by atoms with Crippen LogP contribution < -0.4 is 15.7 Å². The molecule has 1 aromatic carbocycles. The third-order valence-corrected chi connectivity index (χ3v) is 6.52. The van der Waals surface area contributed by atoms with Gasteiger partial charge in [-0.3, -0.25) is 4.90 Å².